The third-order valence-electron chi connectivity index (χ3n) is 1.63. The molecule has 1 aromatic carbocycles. The van der Waals surface area contributed by atoms with Crippen molar-refractivity contribution in [3.63, 3.8) is 0 Å². The van der Waals surface area contributed by atoms with Gasteiger partial charge in [-0.3, -0.25) is 0 Å². The molecule has 0 saturated carbocycles. The van der Waals surface area contributed by atoms with Gasteiger partial charge in [0.2, 0.25) is 0 Å². The van der Waals surface area contributed by atoms with Crippen LogP contribution in [0.3, 0.4) is 0 Å². The Labute approximate surface area is 77.8 Å². The summed E-state index contributed by atoms with van der Waals surface area (Å²) in [7, 11) is 0. The Morgan fingerprint density at radius 3 is 2.83 bits per heavy atom. The average Bonchev–Trinajstić information content (AvgIpc) is 2.07. The van der Waals surface area contributed by atoms with Crippen LogP contribution in [0.4, 0.5) is 0 Å². The zero-order chi connectivity index (χ0) is 8.97. The van der Waals surface area contributed by atoms with Gasteiger partial charge in [-0.1, -0.05) is 35.9 Å². The van der Waals surface area contributed by atoms with Gasteiger partial charge in [0.05, 0.1) is 0 Å². The largest absolute Gasteiger partial charge is 0.327 e. The van der Waals surface area contributed by atoms with E-state index in [1.54, 1.807) is 0 Å². The van der Waals surface area contributed by atoms with E-state index in [1.165, 1.54) is 0 Å². The molecule has 1 aromatic rings. The van der Waals surface area contributed by atoms with Crippen molar-refractivity contribution >= 4 is 17.7 Å². The highest BCUT2D eigenvalue weighted by atomic mass is 35.5. The molecule has 0 atom stereocenters. The number of nitrogens with two attached hydrogens (primary N) is 1. The highest BCUT2D eigenvalue weighted by Gasteiger charge is 1.93. The second-order valence-corrected chi connectivity index (χ2v) is 3.05. The summed E-state index contributed by atoms with van der Waals surface area (Å²) in [6, 6.07) is 5.91. The van der Waals surface area contributed by atoms with E-state index in [9.17, 15) is 0 Å². The summed E-state index contributed by atoms with van der Waals surface area (Å²) in [6.07, 6.45) is 3.91. The zero-order valence-electron chi connectivity index (χ0n) is 7.05. The number of benzene rings is 1. The first-order chi connectivity index (χ1) is 5.74. The first kappa shape index (κ1) is 9.30. The van der Waals surface area contributed by atoms with Crippen LogP contribution < -0.4 is 5.73 Å². The third kappa shape index (κ3) is 2.36. The Hall–Kier alpha value is -0.790. The van der Waals surface area contributed by atoms with Gasteiger partial charge in [-0.15, -0.1) is 0 Å². The predicted molar refractivity (Wildman–Crippen MR) is 54.3 cm³/mol. The minimum atomic E-state index is 0.571. The van der Waals surface area contributed by atoms with Crippen LogP contribution in [-0.4, -0.2) is 6.54 Å². The molecular formula is C10H12ClN. The second kappa shape index (κ2) is 4.29. The molecule has 1 nitrogen and oxygen atoms in total. The minimum absolute atomic E-state index is 0.571. The minimum Gasteiger partial charge on any atom is -0.327 e. The molecule has 12 heavy (non-hydrogen) atoms. The Bertz CT molecular complexity index is 292. The Balaban J connectivity index is 2.89. The molecule has 0 aliphatic carbocycles. The van der Waals surface area contributed by atoms with Crippen molar-refractivity contribution in [2.24, 2.45) is 5.73 Å². The zero-order valence-corrected chi connectivity index (χ0v) is 7.81. The average molecular weight is 182 g/mol. The smallest absolute Gasteiger partial charge is 0.0435 e. The standard InChI is InChI=1S/C10H12ClN/c1-8-7-9(3-2-6-12)4-5-10(8)11/h2-5,7H,6,12H2,1H3. The van der Waals surface area contributed by atoms with Gasteiger partial charge in [0.25, 0.3) is 0 Å². The van der Waals surface area contributed by atoms with Crippen LogP contribution in [0, 0.1) is 6.92 Å². The van der Waals surface area contributed by atoms with Gasteiger partial charge in [0, 0.05) is 11.6 Å². The molecule has 1 rings (SSSR count). The molecule has 0 fully saturated rings. The molecular weight excluding hydrogens is 170 g/mol. The molecule has 0 amide bonds. The van der Waals surface area contributed by atoms with Crippen LogP contribution in [0.15, 0.2) is 24.3 Å². The molecule has 0 saturated heterocycles. The third-order valence-corrected chi connectivity index (χ3v) is 2.05. The summed E-state index contributed by atoms with van der Waals surface area (Å²) in [6.45, 7) is 2.56. The van der Waals surface area contributed by atoms with Crippen LogP contribution in [0.5, 0.6) is 0 Å². The van der Waals surface area contributed by atoms with Gasteiger partial charge in [-0.2, -0.15) is 0 Å². The molecule has 0 bridgehead atoms. The first-order valence-corrected chi connectivity index (χ1v) is 4.24. The lowest BCUT2D eigenvalue weighted by Gasteiger charge is -1.98. The maximum absolute atomic E-state index is 5.87. The molecule has 0 aliphatic rings. The molecule has 0 spiro atoms. The number of rotatable bonds is 2. The van der Waals surface area contributed by atoms with E-state index in [-0.39, 0.29) is 0 Å². The monoisotopic (exact) mass is 181 g/mol. The maximum atomic E-state index is 5.87. The summed E-state index contributed by atoms with van der Waals surface area (Å²) < 4.78 is 0. The van der Waals surface area contributed by atoms with E-state index in [2.05, 4.69) is 0 Å². The molecule has 0 aromatic heterocycles. The normalized spacial score (nSPS) is 10.9. The molecule has 0 aliphatic heterocycles. The Morgan fingerprint density at radius 1 is 1.50 bits per heavy atom. The number of hydrogen-bond acceptors (Lipinski definition) is 1. The Morgan fingerprint density at radius 2 is 2.25 bits per heavy atom. The van der Waals surface area contributed by atoms with Gasteiger partial charge in [-0.05, 0) is 24.1 Å². The van der Waals surface area contributed by atoms with E-state index in [4.69, 9.17) is 17.3 Å². The van der Waals surface area contributed by atoms with E-state index < -0.39 is 0 Å². The Kier molecular flexibility index (Phi) is 3.32. The molecule has 0 unspecified atom stereocenters. The van der Waals surface area contributed by atoms with Gasteiger partial charge in [0.15, 0.2) is 0 Å². The van der Waals surface area contributed by atoms with E-state index in [1.807, 2.05) is 37.3 Å². The predicted octanol–water partition coefficient (Wildman–Crippen LogP) is 2.62. The van der Waals surface area contributed by atoms with Crippen molar-refractivity contribution in [1.29, 1.82) is 0 Å². The summed E-state index contributed by atoms with van der Waals surface area (Å²) in [5.74, 6) is 0. The van der Waals surface area contributed by atoms with Crippen molar-refractivity contribution in [2.75, 3.05) is 6.54 Å². The van der Waals surface area contributed by atoms with Crippen LogP contribution in [0.2, 0.25) is 5.02 Å². The SMILES string of the molecule is Cc1cc(C=CCN)ccc1Cl. The number of halogens is 1. The topological polar surface area (TPSA) is 26.0 Å². The van der Waals surface area contributed by atoms with Crippen LogP contribution in [0.25, 0.3) is 6.08 Å². The second-order valence-electron chi connectivity index (χ2n) is 2.65. The quantitative estimate of drug-likeness (QED) is 0.746. The summed E-state index contributed by atoms with van der Waals surface area (Å²) >= 11 is 5.87. The summed E-state index contributed by atoms with van der Waals surface area (Å²) in [5, 5.41) is 0.805. The highest BCUT2D eigenvalue weighted by molar-refractivity contribution is 6.31. The summed E-state index contributed by atoms with van der Waals surface area (Å²) in [5.41, 5.74) is 7.57. The van der Waals surface area contributed by atoms with E-state index in [0.717, 1.165) is 16.1 Å². The number of aryl methyl sites for hydroxylation is 1. The van der Waals surface area contributed by atoms with Crippen molar-refractivity contribution < 1.29 is 0 Å². The highest BCUT2D eigenvalue weighted by Crippen LogP contribution is 2.16. The maximum Gasteiger partial charge on any atom is 0.0435 e. The van der Waals surface area contributed by atoms with Gasteiger partial charge >= 0.3 is 0 Å². The molecule has 0 radical (unpaired) electrons. The van der Waals surface area contributed by atoms with Crippen LogP contribution >= 0.6 is 11.6 Å². The fourth-order valence-electron chi connectivity index (χ4n) is 0.976. The van der Waals surface area contributed by atoms with Gasteiger partial charge < -0.3 is 5.73 Å². The van der Waals surface area contributed by atoms with E-state index >= 15 is 0 Å². The van der Waals surface area contributed by atoms with Crippen LogP contribution in [-0.2, 0) is 0 Å². The van der Waals surface area contributed by atoms with Crippen molar-refractivity contribution in [3.05, 3.63) is 40.4 Å². The van der Waals surface area contributed by atoms with E-state index in [0.29, 0.717) is 6.54 Å². The summed E-state index contributed by atoms with van der Waals surface area (Å²) in [4.78, 5) is 0. The van der Waals surface area contributed by atoms with Crippen molar-refractivity contribution in [3.8, 4) is 0 Å². The van der Waals surface area contributed by atoms with Crippen molar-refractivity contribution in [1.82, 2.24) is 0 Å². The molecule has 2 N–H and O–H groups in total. The fourth-order valence-corrected chi connectivity index (χ4v) is 1.09. The lowest BCUT2D eigenvalue weighted by molar-refractivity contribution is 1.26. The fraction of sp³-hybridized carbons (Fsp3) is 0.200. The first-order valence-electron chi connectivity index (χ1n) is 3.87. The van der Waals surface area contributed by atoms with Gasteiger partial charge in [-0.25, -0.2) is 0 Å². The number of hydrogen-bond donors (Lipinski definition) is 1. The molecule has 2 heteroatoms. The van der Waals surface area contributed by atoms with Crippen LogP contribution in [0.1, 0.15) is 11.1 Å². The lowest BCUT2D eigenvalue weighted by Crippen LogP contribution is -1.91. The molecule has 64 valence electrons. The van der Waals surface area contributed by atoms with Gasteiger partial charge in [0.1, 0.15) is 0 Å². The van der Waals surface area contributed by atoms with Crippen molar-refractivity contribution in [2.45, 2.75) is 6.92 Å². The molecule has 0 heterocycles. The lowest BCUT2D eigenvalue weighted by atomic mass is 10.1.